The van der Waals surface area contributed by atoms with Gasteiger partial charge in [-0.05, 0) is 19.2 Å². The number of hydrogen-bond acceptors (Lipinski definition) is 9. The molecule has 1 aliphatic heterocycles. The van der Waals surface area contributed by atoms with Gasteiger partial charge in [0.15, 0.2) is 16.6 Å². The van der Waals surface area contributed by atoms with E-state index in [0.717, 1.165) is 34.6 Å². The molecule has 4 rings (SSSR count). The van der Waals surface area contributed by atoms with Gasteiger partial charge in [-0.15, -0.1) is 0 Å². The smallest absolute Gasteiger partial charge is 0.324 e. The number of thiophene rings is 1. The van der Waals surface area contributed by atoms with E-state index in [9.17, 15) is 14.9 Å². The maximum Gasteiger partial charge on any atom is 0.324 e. The van der Waals surface area contributed by atoms with Crippen LogP contribution >= 0.6 is 22.7 Å². The van der Waals surface area contributed by atoms with Crippen LogP contribution in [0.5, 0.6) is 11.5 Å². The zero-order valence-corrected chi connectivity index (χ0v) is 18.8. The molecule has 0 aliphatic carbocycles. The second-order valence-electron chi connectivity index (χ2n) is 6.84. The number of carbonyl (C=O) groups is 1. The summed E-state index contributed by atoms with van der Waals surface area (Å²) in [7, 11) is 0. The van der Waals surface area contributed by atoms with E-state index < -0.39 is 4.92 Å². The van der Waals surface area contributed by atoms with Crippen molar-refractivity contribution in [3.05, 3.63) is 39.3 Å². The van der Waals surface area contributed by atoms with Crippen LogP contribution in [0.2, 0.25) is 0 Å². The summed E-state index contributed by atoms with van der Waals surface area (Å²) >= 11 is 2.27. The number of amides is 1. The molecule has 164 valence electrons. The third-order valence-corrected chi connectivity index (χ3v) is 7.10. The fourth-order valence-corrected chi connectivity index (χ4v) is 5.08. The largest absolute Gasteiger partial charge is 0.486 e. The summed E-state index contributed by atoms with van der Waals surface area (Å²) in [6, 6.07) is 6.58. The van der Waals surface area contributed by atoms with Crippen molar-refractivity contribution >= 4 is 48.9 Å². The summed E-state index contributed by atoms with van der Waals surface area (Å²) in [6.45, 7) is 7.95. The number of hydrogen-bond donors (Lipinski definition) is 0. The highest BCUT2D eigenvalue weighted by Gasteiger charge is 2.26. The van der Waals surface area contributed by atoms with Gasteiger partial charge in [0.1, 0.15) is 13.2 Å². The molecule has 11 heteroatoms. The Balaban J connectivity index is 1.68. The molecule has 1 aromatic carbocycles. The Kier molecular flexibility index (Phi) is 6.35. The van der Waals surface area contributed by atoms with Crippen LogP contribution in [-0.4, -0.2) is 60.1 Å². The van der Waals surface area contributed by atoms with Gasteiger partial charge < -0.3 is 14.4 Å². The van der Waals surface area contributed by atoms with E-state index in [-0.39, 0.29) is 10.9 Å². The van der Waals surface area contributed by atoms with Gasteiger partial charge in [-0.3, -0.25) is 19.8 Å². The number of rotatable bonds is 8. The monoisotopic (exact) mass is 462 g/mol. The number of thiazole rings is 1. The molecule has 0 radical (unpaired) electrons. The molecule has 1 amide bonds. The first-order valence-corrected chi connectivity index (χ1v) is 11.6. The fraction of sp³-hybridized carbons (Fsp3) is 0.400. The van der Waals surface area contributed by atoms with Crippen LogP contribution in [-0.2, 0) is 0 Å². The van der Waals surface area contributed by atoms with Crippen LogP contribution < -0.4 is 14.4 Å². The lowest BCUT2D eigenvalue weighted by Crippen LogP contribution is -2.38. The van der Waals surface area contributed by atoms with Crippen molar-refractivity contribution in [1.29, 1.82) is 0 Å². The molecule has 0 saturated heterocycles. The first-order valence-electron chi connectivity index (χ1n) is 9.98. The maximum atomic E-state index is 13.3. The molecular weight excluding hydrogens is 440 g/mol. The number of nitrogens with zero attached hydrogens (tertiary/aromatic N) is 4. The number of benzene rings is 1. The summed E-state index contributed by atoms with van der Waals surface area (Å²) in [5.74, 6) is 1.02. The third kappa shape index (κ3) is 4.48. The molecule has 9 nitrogen and oxygen atoms in total. The SMILES string of the molecule is CCN(CC)CCN(C(=O)c1ccc([N+](=O)[O-])s1)c1nc2cc3c(cc2s1)OCCO3. The Labute approximate surface area is 187 Å². The highest BCUT2D eigenvalue weighted by Crippen LogP contribution is 2.39. The first-order chi connectivity index (χ1) is 15.0. The average Bonchev–Trinajstić information content (AvgIpc) is 3.42. The first kappa shape index (κ1) is 21.5. The third-order valence-electron chi connectivity index (χ3n) is 5.03. The second kappa shape index (κ2) is 9.16. The van der Waals surface area contributed by atoms with Crippen molar-refractivity contribution in [2.45, 2.75) is 13.8 Å². The van der Waals surface area contributed by atoms with Crippen molar-refractivity contribution in [1.82, 2.24) is 9.88 Å². The van der Waals surface area contributed by atoms with Gasteiger partial charge in [0.2, 0.25) is 0 Å². The van der Waals surface area contributed by atoms with Gasteiger partial charge in [-0.1, -0.05) is 36.5 Å². The number of anilines is 1. The van der Waals surface area contributed by atoms with Crippen LogP contribution in [0.25, 0.3) is 10.2 Å². The van der Waals surface area contributed by atoms with Crippen molar-refractivity contribution in [3.8, 4) is 11.5 Å². The van der Waals surface area contributed by atoms with Crippen molar-refractivity contribution in [2.75, 3.05) is 44.3 Å². The predicted molar refractivity (Wildman–Crippen MR) is 121 cm³/mol. The Hall–Kier alpha value is -2.76. The topological polar surface area (TPSA) is 98.0 Å². The number of nitro groups is 1. The fourth-order valence-electron chi connectivity index (χ4n) is 3.31. The molecule has 0 spiro atoms. The molecule has 31 heavy (non-hydrogen) atoms. The predicted octanol–water partition coefficient (Wildman–Crippen LogP) is 4.03. The normalized spacial score (nSPS) is 13.0. The highest BCUT2D eigenvalue weighted by atomic mass is 32.1. The standard InChI is InChI=1S/C20H22N4O5S2/c1-3-22(4-2)7-8-23(19(25)16-5-6-18(30-16)24(26)27)20-21-13-11-14-15(12-17(13)31-20)29-10-9-28-14/h5-6,11-12H,3-4,7-10H2,1-2H3. The second-order valence-corrected chi connectivity index (χ2v) is 8.91. The summed E-state index contributed by atoms with van der Waals surface area (Å²) in [5.41, 5.74) is 0.724. The van der Waals surface area contributed by atoms with Crippen LogP contribution in [0.1, 0.15) is 23.5 Å². The van der Waals surface area contributed by atoms with Crippen LogP contribution in [0.15, 0.2) is 24.3 Å². The molecular formula is C20H22N4O5S2. The Morgan fingerprint density at radius 3 is 2.48 bits per heavy atom. The average molecular weight is 463 g/mol. The van der Waals surface area contributed by atoms with E-state index in [4.69, 9.17) is 9.47 Å². The molecule has 0 unspecified atom stereocenters. The molecule has 1 aliphatic rings. The van der Waals surface area contributed by atoms with Crippen LogP contribution in [0.3, 0.4) is 0 Å². The van der Waals surface area contributed by atoms with E-state index in [1.54, 1.807) is 4.90 Å². The van der Waals surface area contributed by atoms with Gasteiger partial charge in [0.25, 0.3) is 5.91 Å². The van der Waals surface area contributed by atoms with E-state index in [0.29, 0.717) is 47.8 Å². The van der Waals surface area contributed by atoms with Crippen molar-refractivity contribution < 1.29 is 19.2 Å². The zero-order valence-electron chi connectivity index (χ0n) is 17.2. The molecule has 0 N–H and O–H groups in total. The number of ether oxygens (including phenoxy) is 2. The summed E-state index contributed by atoms with van der Waals surface area (Å²) in [6.07, 6.45) is 0. The lowest BCUT2D eigenvalue weighted by Gasteiger charge is -2.24. The molecule has 0 saturated carbocycles. The van der Waals surface area contributed by atoms with Gasteiger partial charge in [-0.25, -0.2) is 4.98 Å². The Morgan fingerprint density at radius 2 is 1.84 bits per heavy atom. The zero-order chi connectivity index (χ0) is 22.0. The summed E-state index contributed by atoms with van der Waals surface area (Å²) in [4.78, 5) is 32.7. The Bertz CT molecular complexity index is 1070. The Morgan fingerprint density at radius 1 is 1.13 bits per heavy atom. The minimum atomic E-state index is -0.482. The molecule has 0 fully saturated rings. The molecule has 0 atom stereocenters. The van der Waals surface area contributed by atoms with E-state index in [2.05, 4.69) is 23.7 Å². The maximum absolute atomic E-state index is 13.3. The molecule has 3 aromatic rings. The molecule has 0 bridgehead atoms. The quantitative estimate of drug-likeness (QED) is 0.368. The minimum Gasteiger partial charge on any atom is -0.486 e. The lowest BCUT2D eigenvalue weighted by atomic mass is 10.3. The van der Waals surface area contributed by atoms with Crippen LogP contribution in [0.4, 0.5) is 10.1 Å². The number of fused-ring (bicyclic) bond motifs is 2. The van der Waals surface area contributed by atoms with E-state index in [1.165, 1.54) is 23.5 Å². The van der Waals surface area contributed by atoms with Crippen LogP contribution in [0, 0.1) is 10.1 Å². The van der Waals surface area contributed by atoms with Gasteiger partial charge in [0.05, 0.1) is 20.0 Å². The molecule has 2 aromatic heterocycles. The van der Waals surface area contributed by atoms with Gasteiger partial charge >= 0.3 is 5.00 Å². The number of likely N-dealkylation sites (N-methyl/N-ethyl adjacent to an activating group) is 1. The number of carbonyl (C=O) groups excluding carboxylic acids is 1. The van der Waals surface area contributed by atoms with Gasteiger partial charge in [0, 0.05) is 31.3 Å². The van der Waals surface area contributed by atoms with Crippen molar-refractivity contribution in [3.63, 3.8) is 0 Å². The van der Waals surface area contributed by atoms with E-state index in [1.807, 2.05) is 12.1 Å². The van der Waals surface area contributed by atoms with Crippen molar-refractivity contribution in [2.24, 2.45) is 0 Å². The minimum absolute atomic E-state index is 0.0571. The number of aromatic nitrogens is 1. The van der Waals surface area contributed by atoms with Gasteiger partial charge in [-0.2, -0.15) is 0 Å². The highest BCUT2D eigenvalue weighted by molar-refractivity contribution is 7.22. The summed E-state index contributed by atoms with van der Waals surface area (Å²) in [5, 5.41) is 11.6. The van der Waals surface area contributed by atoms with E-state index >= 15 is 0 Å². The summed E-state index contributed by atoms with van der Waals surface area (Å²) < 4.78 is 12.2. The lowest BCUT2D eigenvalue weighted by molar-refractivity contribution is -0.380. The molecule has 3 heterocycles.